The zero-order valence-electron chi connectivity index (χ0n) is 15.9. The Morgan fingerprint density at radius 2 is 1.36 bits per heavy atom. The monoisotopic (exact) mass is 308 g/mol. The molecule has 0 amide bonds. The number of hydrogen-bond acceptors (Lipinski definition) is 2. The third-order valence-corrected chi connectivity index (χ3v) is 6.23. The first-order valence-corrected chi connectivity index (χ1v) is 10.0. The molecule has 1 saturated heterocycles. The molecule has 1 aliphatic carbocycles. The van der Waals surface area contributed by atoms with E-state index < -0.39 is 0 Å². The van der Waals surface area contributed by atoms with E-state index in [1.165, 1.54) is 64.6 Å². The maximum Gasteiger partial charge on any atom is 0.0101 e. The van der Waals surface area contributed by atoms with Gasteiger partial charge in [0, 0.05) is 24.7 Å². The summed E-state index contributed by atoms with van der Waals surface area (Å²) in [6, 6.07) is 2.21. The molecule has 2 nitrogen and oxygen atoms in total. The first kappa shape index (κ1) is 18.3. The number of hydrogen-bond donors (Lipinski definition) is 0. The van der Waals surface area contributed by atoms with E-state index in [1.807, 2.05) is 0 Å². The van der Waals surface area contributed by atoms with Gasteiger partial charge in [0.15, 0.2) is 0 Å². The predicted octanol–water partition coefficient (Wildman–Crippen LogP) is 4.79. The third kappa shape index (κ3) is 4.96. The molecule has 0 N–H and O–H groups in total. The van der Waals surface area contributed by atoms with Crippen molar-refractivity contribution in [3.8, 4) is 0 Å². The van der Waals surface area contributed by atoms with Gasteiger partial charge in [0.05, 0.1) is 0 Å². The number of rotatable bonds is 6. The molecule has 0 radical (unpaired) electrons. The molecule has 0 aromatic heterocycles. The Kier molecular flexibility index (Phi) is 7.21. The Balaban J connectivity index is 1.73. The van der Waals surface area contributed by atoms with E-state index in [4.69, 9.17) is 0 Å². The van der Waals surface area contributed by atoms with Crippen molar-refractivity contribution in [1.82, 2.24) is 9.80 Å². The molecule has 22 heavy (non-hydrogen) atoms. The molecule has 2 heteroatoms. The lowest BCUT2D eigenvalue weighted by atomic mass is 9.83. The predicted molar refractivity (Wildman–Crippen MR) is 97.3 cm³/mol. The average molecular weight is 309 g/mol. The van der Waals surface area contributed by atoms with Gasteiger partial charge in [-0.25, -0.2) is 0 Å². The molecule has 0 bridgehead atoms. The molecular weight excluding hydrogens is 268 g/mol. The zero-order valence-corrected chi connectivity index (χ0v) is 15.9. The Morgan fingerprint density at radius 3 is 1.82 bits per heavy atom. The minimum atomic E-state index is 0.689. The van der Waals surface area contributed by atoms with E-state index in [9.17, 15) is 0 Å². The van der Waals surface area contributed by atoms with Crippen molar-refractivity contribution in [1.29, 1.82) is 0 Å². The van der Waals surface area contributed by atoms with Crippen LogP contribution in [0.5, 0.6) is 0 Å². The molecule has 1 saturated carbocycles. The van der Waals surface area contributed by atoms with Crippen molar-refractivity contribution >= 4 is 0 Å². The molecule has 0 unspecified atom stereocenters. The summed E-state index contributed by atoms with van der Waals surface area (Å²) in [4.78, 5) is 5.52. The van der Waals surface area contributed by atoms with Crippen LogP contribution in [-0.4, -0.2) is 47.6 Å². The van der Waals surface area contributed by atoms with Crippen LogP contribution in [-0.2, 0) is 0 Å². The highest BCUT2D eigenvalue weighted by molar-refractivity contribution is 4.85. The first-order chi connectivity index (χ1) is 10.5. The van der Waals surface area contributed by atoms with Gasteiger partial charge in [-0.1, -0.05) is 13.3 Å². The van der Waals surface area contributed by atoms with Crippen molar-refractivity contribution < 1.29 is 0 Å². The summed E-state index contributed by atoms with van der Waals surface area (Å²) in [5.74, 6) is 1.98. The first-order valence-electron chi connectivity index (χ1n) is 10.0. The van der Waals surface area contributed by atoms with Gasteiger partial charge in [0.2, 0.25) is 0 Å². The van der Waals surface area contributed by atoms with Crippen molar-refractivity contribution in [2.75, 3.05) is 19.6 Å². The lowest BCUT2D eigenvalue weighted by Gasteiger charge is -2.43. The van der Waals surface area contributed by atoms with E-state index >= 15 is 0 Å². The summed E-state index contributed by atoms with van der Waals surface area (Å²) < 4.78 is 0. The Labute approximate surface area is 139 Å². The van der Waals surface area contributed by atoms with Crippen LogP contribution in [0.1, 0.15) is 79.6 Å². The smallest absolute Gasteiger partial charge is 0.0101 e. The van der Waals surface area contributed by atoms with Crippen LogP contribution in [0, 0.1) is 11.8 Å². The highest BCUT2D eigenvalue weighted by Crippen LogP contribution is 2.31. The fourth-order valence-corrected chi connectivity index (χ4v) is 5.01. The average Bonchev–Trinajstić information content (AvgIpc) is 2.49. The van der Waals surface area contributed by atoms with Gasteiger partial charge >= 0.3 is 0 Å². The second kappa shape index (κ2) is 8.68. The van der Waals surface area contributed by atoms with Crippen molar-refractivity contribution in [3.63, 3.8) is 0 Å². The standard InChI is InChI=1S/C20H40N2/c1-6-18-11-13-21(14-12-18)15-19-7-9-20(10-8-19)22(16(2)3)17(4)5/h16-20H,6-15H2,1-5H3. The molecule has 0 spiro atoms. The quantitative estimate of drug-likeness (QED) is 0.696. The molecule has 2 rings (SSSR count). The molecule has 2 fully saturated rings. The maximum absolute atomic E-state index is 2.76. The maximum atomic E-state index is 2.76. The van der Waals surface area contributed by atoms with Crippen LogP contribution in [0.25, 0.3) is 0 Å². The van der Waals surface area contributed by atoms with E-state index in [0.29, 0.717) is 12.1 Å². The lowest BCUT2D eigenvalue weighted by Crippen LogP contribution is -2.47. The van der Waals surface area contributed by atoms with Gasteiger partial charge < -0.3 is 4.90 Å². The second-order valence-electron chi connectivity index (χ2n) is 8.46. The molecule has 0 aromatic rings. The highest BCUT2D eigenvalue weighted by Gasteiger charge is 2.30. The zero-order chi connectivity index (χ0) is 16.1. The molecule has 0 atom stereocenters. The Bertz CT molecular complexity index is 289. The summed E-state index contributed by atoms with van der Waals surface area (Å²) >= 11 is 0. The third-order valence-electron chi connectivity index (χ3n) is 6.23. The Hall–Kier alpha value is -0.0800. The second-order valence-corrected chi connectivity index (χ2v) is 8.46. The van der Waals surface area contributed by atoms with Crippen LogP contribution in [0.4, 0.5) is 0 Å². The van der Waals surface area contributed by atoms with Gasteiger partial charge in [-0.2, -0.15) is 0 Å². The SMILES string of the molecule is CCC1CCN(CC2CCC(N(C(C)C)C(C)C)CC2)CC1. The largest absolute Gasteiger partial charge is 0.303 e. The molecule has 130 valence electrons. The van der Waals surface area contributed by atoms with Gasteiger partial charge in [-0.3, -0.25) is 4.90 Å². The molecular formula is C20H40N2. The van der Waals surface area contributed by atoms with Crippen LogP contribution in [0.3, 0.4) is 0 Å². The van der Waals surface area contributed by atoms with Crippen molar-refractivity contribution in [3.05, 3.63) is 0 Å². The minimum absolute atomic E-state index is 0.689. The number of nitrogens with zero attached hydrogens (tertiary/aromatic N) is 2. The van der Waals surface area contributed by atoms with Crippen molar-refractivity contribution in [2.45, 2.75) is 97.7 Å². The normalized spacial score (nSPS) is 28.9. The fourth-order valence-electron chi connectivity index (χ4n) is 5.01. The highest BCUT2D eigenvalue weighted by atomic mass is 15.2. The number of likely N-dealkylation sites (tertiary alicyclic amines) is 1. The van der Waals surface area contributed by atoms with Crippen LogP contribution in [0.15, 0.2) is 0 Å². The Morgan fingerprint density at radius 1 is 0.818 bits per heavy atom. The molecule has 2 aliphatic rings. The lowest BCUT2D eigenvalue weighted by molar-refractivity contribution is 0.0634. The van der Waals surface area contributed by atoms with Crippen LogP contribution in [0.2, 0.25) is 0 Å². The topological polar surface area (TPSA) is 6.48 Å². The summed E-state index contributed by atoms with van der Waals surface area (Å²) in [5, 5.41) is 0. The van der Waals surface area contributed by atoms with Gasteiger partial charge in [0.1, 0.15) is 0 Å². The number of piperidine rings is 1. The molecule has 1 heterocycles. The fraction of sp³-hybridized carbons (Fsp3) is 1.00. The van der Waals surface area contributed by atoms with E-state index in [0.717, 1.165) is 17.9 Å². The van der Waals surface area contributed by atoms with Crippen LogP contribution < -0.4 is 0 Å². The minimum Gasteiger partial charge on any atom is -0.303 e. The summed E-state index contributed by atoms with van der Waals surface area (Å²) in [6.07, 6.45) is 10.0. The van der Waals surface area contributed by atoms with Gasteiger partial charge in [-0.15, -0.1) is 0 Å². The van der Waals surface area contributed by atoms with Gasteiger partial charge in [0.25, 0.3) is 0 Å². The summed E-state index contributed by atoms with van der Waals surface area (Å²) in [5.41, 5.74) is 0. The molecule has 0 aromatic carbocycles. The van der Waals surface area contributed by atoms with E-state index in [2.05, 4.69) is 44.4 Å². The van der Waals surface area contributed by atoms with Gasteiger partial charge in [-0.05, 0) is 91.1 Å². The summed E-state index contributed by atoms with van der Waals surface area (Å²) in [6.45, 7) is 15.9. The summed E-state index contributed by atoms with van der Waals surface area (Å²) in [7, 11) is 0. The van der Waals surface area contributed by atoms with E-state index in [-0.39, 0.29) is 0 Å². The molecule has 1 aliphatic heterocycles. The van der Waals surface area contributed by atoms with E-state index in [1.54, 1.807) is 0 Å². The van der Waals surface area contributed by atoms with Crippen molar-refractivity contribution in [2.24, 2.45) is 11.8 Å². The van der Waals surface area contributed by atoms with Crippen LogP contribution >= 0.6 is 0 Å².